The van der Waals surface area contributed by atoms with Gasteiger partial charge in [-0.05, 0) is 6.07 Å². The number of β-lactam (4-membered cyclic amide) rings is 1. The molecule has 1 saturated heterocycles. The molecule has 2 aliphatic heterocycles. The van der Waals surface area contributed by atoms with Crippen LogP contribution in [0.4, 0.5) is 8.78 Å². The van der Waals surface area contributed by atoms with Gasteiger partial charge >= 0.3 is 18.5 Å². The third kappa shape index (κ3) is 3.56. The van der Waals surface area contributed by atoms with E-state index < -0.39 is 41.7 Å². The summed E-state index contributed by atoms with van der Waals surface area (Å²) in [5.74, 6) is -3.27. The second kappa shape index (κ2) is 7.58. The molecule has 0 saturated carbocycles. The van der Waals surface area contributed by atoms with Crippen molar-refractivity contribution < 1.29 is 37.8 Å². The largest absolute Gasteiger partial charge is 0.477 e. The Hall–Kier alpha value is -2.96. The van der Waals surface area contributed by atoms with E-state index >= 15 is 0 Å². The number of hydrogen-bond acceptors (Lipinski definition) is 7. The van der Waals surface area contributed by atoms with Crippen LogP contribution in [0.3, 0.4) is 0 Å². The van der Waals surface area contributed by atoms with Gasteiger partial charge in [0.05, 0.1) is 0 Å². The highest BCUT2D eigenvalue weighted by Crippen LogP contribution is 2.40. The maximum Gasteiger partial charge on any atom is 0.352 e. The Morgan fingerprint density at radius 3 is 2.75 bits per heavy atom. The number of amides is 2. The molecule has 0 bridgehead atoms. The van der Waals surface area contributed by atoms with E-state index in [9.17, 15) is 33.1 Å². The van der Waals surface area contributed by atoms with E-state index in [4.69, 9.17) is 4.74 Å². The molecule has 28 heavy (non-hydrogen) atoms. The second-order valence-corrected chi connectivity index (χ2v) is 6.96. The third-order valence-corrected chi connectivity index (χ3v) is 5.37. The highest BCUT2D eigenvalue weighted by Gasteiger charge is 2.54. The van der Waals surface area contributed by atoms with Crippen LogP contribution in [0.1, 0.15) is 24.0 Å². The first kappa shape index (κ1) is 19.8. The molecular weight excluding hydrogens is 402 g/mol. The molecule has 1 aromatic rings. The molecule has 1 aromatic heterocycles. The quantitative estimate of drug-likeness (QED) is 0.497. The van der Waals surface area contributed by atoms with Crippen LogP contribution < -0.4 is 5.32 Å². The smallest absolute Gasteiger partial charge is 0.352 e. The second-order valence-electron chi connectivity index (χ2n) is 5.86. The van der Waals surface area contributed by atoms with Gasteiger partial charge in [0.2, 0.25) is 0 Å². The van der Waals surface area contributed by atoms with Crippen molar-refractivity contribution in [3.05, 3.63) is 29.2 Å². The molecule has 10 nitrogen and oxygen atoms in total. The Balaban J connectivity index is 1.73. The van der Waals surface area contributed by atoms with Gasteiger partial charge in [-0.25, -0.2) is 9.48 Å². The molecule has 13 heteroatoms. The number of nitrogens with zero attached hydrogens (tertiary/aromatic N) is 3. The number of esters is 1. The average molecular weight is 416 g/mol. The minimum atomic E-state index is -2.91. The number of halogens is 2. The van der Waals surface area contributed by atoms with Gasteiger partial charge in [-0.1, -0.05) is 0 Å². The molecule has 2 N–H and O–H groups in total. The van der Waals surface area contributed by atoms with Crippen LogP contribution in [0.5, 0.6) is 0 Å². The molecule has 0 aliphatic carbocycles. The number of nitrogens with one attached hydrogen (secondary N) is 1. The number of aliphatic carboxylic acids is 1. The van der Waals surface area contributed by atoms with Gasteiger partial charge in [0.25, 0.3) is 11.8 Å². The van der Waals surface area contributed by atoms with Crippen LogP contribution in [-0.2, 0) is 19.1 Å². The number of fused-ring (bicyclic) bond motifs is 1. The van der Waals surface area contributed by atoms with Crippen molar-refractivity contribution in [1.82, 2.24) is 20.0 Å². The molecule has 2 unspecified atom stereocenters. The van der Waals surface area contributed by atoms with E-state index in [1.807, 2.05) is 0 Å². The molecular formula is C15H14F2N4O6S. The van der Waals surface area contributed by atoms with Crippen molar-refractivity contribution in [3.63, 3.8) is 0 Å². The minimum Gasteiger partial charge on any atom is -0.477 e. The first-order valence-electron chi connectivity index (χ1n) is 7.88. The predicted molar refractivity (Wildman–Crippen MR) is 89.1 cm³/mol. The maximum atomic E-state index is 12.5. The van der Waals surface area contributed by atoms with Gasteiger partial charge in [-0.3, -0.25) is 19.3 Å². The summed E-state index contributed by atoms with van der Waals surface area (Å²) in [6.45, 7) is -1.99. The Morgan fingerprint density at radius 1 is 1.46 bits per heavy atom. The Labute approximate surface area is 160 Å². The van der Waals surface area contributed by atoms with Crippen molar-refractivity contribution in [3.8, 4) is 0 Å². The lowest BCUT2D eigenvalue weighted by atomic mass is 10.0. The molecule has 2 amide bonds. The number of thioether (sulfide) groups is 1. The van der Waals surface area contributed by atoms with Crippen molar-refractivity contribution in [2.24, 2.45) is 0 Å². The Kier molecular flexibility index (Phi) is 5.36. The lowest BCUT2D eigenvalue weighted by Crippen LogP contribution is -2.70. The molecule has 1 fully saturated rings. The van der Waals surface area contributed by atoms with Gasteiger partial charge in [0.15, 0.2) is 0 Å². The first-order valence-corrected chi connectivity index (χ1v) is 8.93. The van der Waals surface area contributed by atoms with Crippen LogP contribution in [0.25, 0.3) is 0 Å². The number of ether oxygens (including phenoxy) is 1. The van der Waals surface area contributed by atoms with Gasteiger partial charge in [0.1, 0.15) is 29.4 Å². The summed E-state index contributed by atoms with van der Waals surface area (Å²) in [4.78, 5) is 48.1. The lowest BCUT2D eigenvalue weighted by Gasteiger charge is -2.49. The summed E-state index contributed by atoms with van der Waals surface area (Å²) in [5, 5.41) is 14.6. The van der Waals surface area contributed by atoms with Crippen molar-refractivity contribution >= 4 is 35.5 Å². The average Bonchev–Trinajstić information content (AvgIpc) is 3.13. The maximum absolute atomic E-state index is 12.5. The lowest BCUT2D eigenvalue weighted by molar-refractivity contribution is -0.149. The zero-order chi connectivity index (χ0) is 20.6. The number of carboxylic acids is 1. The van der Waals surface area contributed by atoms with Crippen molar-refractivity contribution in [2.75, 3.05) is 12.4 Å². The number of alkyl halides is 2. The first-order chi connectivity index (χ1) is 13.2. The van der Waals surface area contributed by atoms with E-state index in [1.54, 1.807) is 0 Å². The summed E-state index contributed by atoms with van der Waals surface area (Å²) in [7, 11) is 0. The summed E-state index contributed by atoms with van der Waals surface area (Å²) in [6.07, 6.45) is 0.927. The fraction of sp³-hybridized carbons (Fsp3) is 0.400. The highest BCUT2D eigenvalue weighted by molar-refractivity contribution is 8.00. The number of carbonyl (C=O) groups excluding carboxylic acids is 3. The predicted octanol–water partition coefficient (Wildman–Crippen LogP) is 0.194. The molecule has 3 heterocycles. The van der Waals surface area contributed by atoms with Crippen LogP contribution >= 0.6 is 11.8 Å². The molecule has 3 rings (SSSR count). The fourth-order valence-electron chi connectivity index (χ4n) is 2.77. The zero-order valence-corrected chi connectivity index (χ0v) is 15.1. The molecule has 2 aliphatic rings. The monoisotopic (exact) mass is 416 g/mol. The van der Waals surface area contributed by atoms with Gasteiger partial charge in [-0.2, -0.15) is 13.9 Å². The highest BCUT2D eigenvalue weighted by atomic mass is 32.2. The summed E-state index contributed by atoms with van der Waals surface area (Å²) in [6, 6.07) is 0.0507. The number of rotatable bonds is 6. The van der Waals surface area contributed by atoms with Gasteiger partial charge < -0.3 is 15.2 Å². The number of carboxylic acid groups (broad SMARTS) is 1. The standard InChI is InChI=1S/C15H14F2N4O6S/c1-6(22)27-4-7-5-28-13-9(12(24)21(13)10(7)14(25)26)18-11(23)8-2-3-20(19-8)15(16)17/h2-3,9,13,15H,4-5H2,1H3,(H,18,23)(H,25,26). The van der Waals surface area contributed by atoms with Crippen LogP contribution in [0, 0.1) is 0 Å². The topological polar surface area (TPSA) is 131 Å². The normalized spacial score (nSPS) is 21.3. The van der Waals surface area contributed by atoms with Crippen LogP contribution in [0.15, 0.2) is 23.5 Å². The van der Waals surface area contributed by atoms with Crippen molar-refractivity contribution in [2.45, 2.75) is 24.9 Å². The molecule has 0 radical (unpaired) electrons. The van der Waals surface area contributed by atoms with E-state index in [-0.39, 0.29) is 29.3 Å². The summed E-state index contributed by atoms with van der Waals surface area (Å²) in [5.41, 5.74) is -0.322. The molecule has 0 aromatic carbocycles. The van der Waals surface area contributed by atoms with Crippen LogP contribution in [-0.4, -0.2) is 67.3 Å². The molecule has 2 atom stereocenters. The SMILES string of the molecule is CC(=O)OCC1=C(C(=O)O)N2C(=O)C(NC(=O)c3ccn(C(F)F)n3)C2SC1. The number of hydrogen-bond donors (Lipinski definition) is 2. The summed E-state index contributed by atoms with van der Waals surface area (Å²) < 4.78 is 30.2. The van der Waals surface area contributed by atoms with Gasteiger partial charge in [-0.15, -0.1) is 11.8 Å². The summed E-state index contributed by atoms with van der Waals surface area (Å²) >= 11 is 1.19. The van der Waals surface area contributed by atoms with Crippen LogP contribution in [0.2, 0.25) is 0 Å². The fourth-order valence-corrected chi connectivity index (χ4v) is 4.09. The Bertz CT molecular complexity index is 886. The van der Waals surface area contributed by atoms with Gasteiger partial charge in [0, 0.05) is 24.4 Å². The minimum absolute atomic E-state index is 0.176. The van der Waals surface area contributed by atoms with E-state index in [0.717, 1.165) is 17.2 Å². The molecule has 150 valence electrons. The zero-order valence-electron chi connectivity index (χ0n) is 14.3. The van der Waals surface area contributed by atoms with E-state index in [0.29, 0.717) is 4.68 Å². The van der Waals surface area contributed by atoms with Crippen molar-refractivity contribution in [1.29, 1.82) is 0 Å². The van der Waals surface area contributed by atoms with E-state index in [1.165, 1.54) is 18.7 Å². The Morgan fingerprint density at radius 2 is 2.18 bits per heavy atom. The number of carbonyl (C=O) groups is 4. The van der Waals surface area contributed by atoms with E-state index in [2.05, 4.69) is 10.4 Å². The number of aromatic nitrogens is 2. The molecule has 0 spiro atoms. The third-order valence-electron chi connectivity index (χ3n) is 4.03.